The molecular formula is C17H14F3NO5. The SMILES string of the molecule is O=C(COc1ccccc1)OCNC(=O)Oc1cccc(C(F)(F)F)c1. The van der Waals surface area contributed by atoms with Crippen LogP contribution in [0.3, 0.4) is 0 Å². The van der Waals surface area contributed by atoms with E-state index in [1.165, 1.54) is 6.07 Å². The molecule has 0 radical (unpaired) electrons. The van der Waals surface area contributed by atoms with Crippen LogP contribution in [0.1, 0.15) is 5.56 Å². The molecule has 0 unspecified atom stereocenters. The first-order valence-corrected chi connectivity index (χ1v) is 7.31. The minimum absolute atomic E-state index is 0.295. The normalized spacial score (nSPS) is 10.7. The second-order valence-electron chi connectivity index (χ2n) is 4.85. The van der Waals surface area contributed by atoms with E-state index in [1.807, 2.05) is 0 Å². The molecule has 0 bridgehead atoms. The molecule has 0 aliphatic carbocycles. The van der Waals surface area contributed by atoms with Gasteiger partial charge in [0.2, 0.25) is 0 Å². The number of hydrogen-bond donors (Lipinski definition) is 1. The zero-order chi connectivity index (χ0) is 19.0. The van der Waals surface area contributed by atoms with Gasteiger partial charge in [0.1, 0.15) is 11.5 Å². The lowest BCUT2D eigenvalue weighted by Crippen LogP contribution is -2.31. The fourth-order valence-corrected chi connectivity index (χ4v) is 1.76. The number of alkyl halides is 3. The van der Waals surface area contributed by atoms with Gasteiger partial charge in [-0.05, 0) is 30.3 Å². The molecule has 1 N–H and O–H groups in total. The maximum Gasteiger partial charge on any atom is 0.416 e. The molecule has 0 aliphatic rings. The van der Waals surface area contributed by atoms with Gasteiger partial charge in [0.25, 0.3) is 0 Å². The largest absolute Gasteiger partial charge is 0.482 e. The highest BCUT2D eigenvalue weighted by atomic mass is 19.4. The summed E-state index contributed by atoms with van der Waals surface area (Å²) in [4.78, 5) is 22.9. The van der Waals surface area contributed by atoms with E-state index in [9.17, 15) is 22.8 Å². The number of carbonyl (C=O) groups is 2. The Hall–Kier alpha value is -3.23. The Morgan fingerprint density at radius 2 is 1.65 bits per heavy atom. The molecule has 2 rings (SSSR count). The van der Waals surface area contributed by atoms with E-state index < -0.39 is 30.5 Å². The molecule has 6 nitrogen and oxygen atoms in total. The van der Waals surface area contributed by atoms with Crippen LogP contribution in [0.2, 0.25) is 0 Å². The fraction of sp³-hybridized carbons (Fsp3) is 0.176. The number of halogens is 3. The molecule has 0 fully saturated rings. The summed E-state index contributed by atoms with van der Waals surface area (Å²) < 4.78 is 52.2. The molecular weight excluding hydrogens is 355 g/mol. The molecule has 138 valence electrons. The highest BCUT2D eigenvalue weighted by Gasteiger charge is 2.30. The van der Waals surface area contributed by atoms with Gasteiger partial charge in [-0.15, -0.1) is 0 Å². The minimum Gasteiger partial charge on any atom is -0.482 e. The first-order chi connectivity index (χ1) is 12.3. The Balaban J connectivity index is 1.71. The van der Waals surface area contributed by atoms with Crippen molar-refractivity contribution in [3.05, 3.63) is 60.2 Å². The van der Waals surface area contributed by atoms with Gasteiger partial charge in [0.15, 0.2) is 13.3 Å². The highest BCUT2D eigenvalue weighted by Crippen LogP contribution is 2.31. The zero-order valence-corrected chi connectivity index (χ0v) is 13.3. The second kappa shape index (κ2) is 8.75. The van der Waals surface area contributed by atoms with Crippen LogP contribution in [0.5, 0.6) is 11.5 Å². The van der Waals surface area contributed by atoms with Gasteiger partial charge in [-0.1, -0.05) is 24.3 Å². The van der Waals surface area contributed by atoms with Crippen molar-refractivity contribution in [2.75, 3.05) is 13.3 Å². The Labute approximate surface area is 146 Å². The van der Waals surface area contributed by atoms with Gasteiger partial charge >= 0.3 is 18.2 Å². The molecule has 0 heterocycles. The van der Waals surface area contributed by atoms with Crippen molar-refractivity contribution >= 4 is 12.1 Å². The Bertz CT molecular complexity index is 750. The van der Waals surface area contributed by atoms with Crippen LogP contribution in [0.4, 0.5) is 18.0 Å². The van der Waals surface area contributed by atoms with Crippen molar-refractivity contribution < 1.29 is 37.0 Å². The molecule has 0 atom stereocenters. The molecule has 0 saturated carbocycles. The molecule has 0 spiro atoms. The lowest BCUT2D eigenvalue weighted by Gasteiger charge is -2.10. The lowest BCUT2D eigenvalue weighted by atomic mass is 10.2. The number of ether oxygens (including phenoxy) is 3. The molecule has 0 aromatic heterocycles. The van der Waals surface area contributed by atoms with Crippen LogP contribution < -0.4 is 14.8 Å². The third kappa shape index (κ3) is 6.34. The monoisotopic (exact) mass is 369 g/mol. The van der Waals surface area contributed by atoms with Crippen molar-refractivity contribution in [2.24, 2.45) is 0 Å². The van der Waals surface area contributed by atoms with Gasteiger partial charge in [0, 0.05) is 0 Å². The van der Waals surface area contributed by atoms with Crippen molar-refractivity contribution in [1.29, 1.82) is 0 Å². The number of hydrogen-bond acceptors (Lipinski definition) is 5. The predicted molar refractivity (Wildman–Crippen MR) is 83.5 cm³/mol. The van der Waals surface area contributed by atoms with Crippen LogP contribution in [0, 0.1) is 0 Å². The second-order valence-corrected chi connectivity index (χ2v) is 4.85. The van der Waals surface area contributed by atoms with Crippen molar-refractivity contribution in [2.45, 2.75) is 6.18 Å². The predicted octanol–water partition coefficient (Wildman–Crippen LogP) is 3.37. The van der Waals surface area contributed by atoms with Gasteiger partial charge in [-0.2, -0.15) is 13.2 Å². The third-order valence-electron chi connectivity index (χ3n) is 2.92. The average molecular weight is 369 g/mol. The van der Waals surface area contributed by atoms with E-state index >= 15 is 0 Å². The van der Waals surface area contributed by atoms with E-state index in [4.69, 9.17) is 9.47 Å². The summed E-state index contributed by atoms with van der Waals surface area (Å²) in [6, 6.07) is 12.4. The number of nitrogens with one attached hydrogen (secondary N) is 1. The summed E-state index contributed by atoms with van der Waals surface area (Å²) in [6.07, 6.45) is -5.62. The summed E-state index contributed by atoms with van der Waals surface area (Å²) in [7, 11) is 0. The molecule has 2 aromatic carbocycles. The number of benzene rings is 2. The molecule has 2 aromatic rings. The molecule has 1 amide bonds. The molecule has 9 heteroatoms. The Morgan fingerprint density at radius 1 is 0.962 bits per heavy atom. The maximum atomic E-state index is 12.6. The number of esters is 1. The fourth-order valence-electron chi connectivity index (χ4n) is 1.76. The summed E-state index contributed by atoms with van der Waals surface area (Å²) in [5.41, 5.74) is -0.952. The van der Waals surface area contributed by atoms with Crippen LogP contribution in [0.15, 0.2) is 54.6 Å². The van der Waals surface area contributed by atoms with Gasteiger partial charge in [-0.25, -0.2) is 9.59 Å². The number of amides is 1. The summed E-state index contributed by atoms with van der Waals surface area (Å²) in [5.74, 6) is -0.564. The third-order valence-corrected chi connectivity index (χ3v) is 2.92. The zero-order valence-electron chi connectivity index (χ0n) is 13.3. The Morgan fingerprint density at radius 3 is 2.35 bits per heavy atom. The van der Waals surface area contributed by atoms with Gasteiger partial charge < -0.3 is 14.2 Å². The van der Waals surface area contributed by atoms with Crippen molar-refractivity contribution in [1.82, 2.24) is 5.32 Å². The van der Waals surface area contributed by atoms with Crippen LogP contribution in [0.25, 0.3) is 0 Å². The summed E-state index contributed by atoms with van der Waals surface area (Å²) in [6.45, 7) is -0.886. The minimum atomic E-state index is -4.55. The van der Waals surface area contributed by atoms with Crippen LogP contribution in [-0.4, -0.2) is 25.4 Å². The maximum absolute atomic E-state index is 12.6. The summed E-state index contributed by atoms with van der Waals surface area (Å²) in [5, 5.41) is 2.08. The standard InChI is InChI=1S/C17H14F3NO5/c18-17(19,20)12-5-4-8-14(9-12)26-16(23)21-11-25-15(22)10-24-13-6-2-1-3-7-13/h1-9H,10-11H2,(H,21,23). The van der Waals surface area contributed by atoms with E-state index in [0.29, 0.717) is 11.8 Å². The lowest BCUT2D eigenvalue weighted by molar-refractivity contribution is -0.146. The van der Waals surface area contributed by atoms with E-state index in [2.05, 4.69) is 10.1 Å². The topological polar surface area (TPSA) is 73.9 Å². The van der Waals surface area contributed by atoms with Gasteiger partial charge in [0.05, 0.1) is 5.56 Å². The number of para-hydroxylation sites is 1. The first-order valence-electron chi connectivity index (χ1n) is 7.31. The summed E-state index contributed by atoms with van der Waals surface area (Å²) >= 11 is 0. The van der Waals surface area contributed by atoms with Crippen LogP contribution in [-0.2, 0) is 15.7 Å². The average Bonchev–Trinajstić information content (AvgIpc) is 2.60. The van der Waals surface area contributed by atoms with E-state index in [1.54, 1.807) is 30.3 Å². The van der Waals surface area contributed by atoms with Gasteiger partial charge in [-0.3, -0.25) is 5.32 Å². The molecule has 26 heavy (non-hydrogen) atoms. The highest BCUT2D eigenvalue weighted by molar-refractivity contribution is 5.72. The van der Waals surface area contributed by atoms with Crippen molar-refractivity contribution in [3.63, 3.8) is 0 Å². The quantitative estimate of drug-likeness (QED) is 0.624. The smallest absolute Gasteiger partial charge is 0.416 e. The van der Waals surface area contributed by atoms with Crippen molar-refractivity contribution in [3.8, 4) is 11.5 Å². The number of rotatable bonds is 6. The van der Waals surface area contributed by atoms with Crippen LogP contribution >= 0.6 is 0 Å². The molecule has 0 aliphatic heterocycles. The molecule has 0 saturated heterocycles. The Kier molecular flexibility index (Phi) is 6.42. The van der Waals surface area contributed by atoms with E-state index in [-0.39, 0.29) is 12.4 Å². The first kappa shape index (κ1) is 19.1. The number of carbonyl (C=O) groups excluding carboxylic acids is 2. The van der Waals surface area contributed by atoms with E-state index in [0.717, 1.165) is 12.1 Å².